The second kappa shape index (κ2) is 8.00. The molecule has 150 valence electrons. The van der Waals surface area contributed by atoms with Crippen LogP contribution in [0.25, 0.3) is 10.9 Å². The Hall–Kier alpha value is -3.26. The predicted molar refractivity (Wildman–Crippen MR) is 110 cm³/mol. The summed E-state index contributed by atoms with van der Waals surface area (Å²) in [4.78, 5) is 25.3. The van der Waals surface area contributed by atoms with Crippen LogP contribution in [0.3, 0.4) is 0 Å². The summed E-state index contributed by atoms with van der Waals surface area (Å²) in [5, 5.41) is 19.2. The highest BCUT2D eigenvalue weighted by atomic mass is 16.6. The second-order valence-corrected chi connectivity index (χ2v) is 7.47. The number of carbonyl (C=O) groups excluding carboxylic acids is 1. The summed E-state index contributed by atoms with van der Waals surface area (Å²) in [6, 6.07) is 12.6. The Morgan fingerprint density at radius 1 is 1.24 bits per heavy atom. The third-order valence-corrected chi connectivity index (χ3v) is 5.48. The van der Waals surface area contributed by atoms with Crippen molar-refractivity contribution in [2.24, 2.45) is 0 Å². The van der Waals surface area contributed by atoms with Gasteiger partial charge in [-0.3, -0.25) is 24.5 Å². The van der Waals surface area contributed by atoms with Crippen molar-refractivity contribution < 1.29 is 9.72 Å². The van der Waals surface area contributed by atoms with E-state index in [4.69, 9.17) is 0 Å². The van der Waals surface area contributed by atoms with Gasteiger partial charge in [-0.1, -0.05) is 18.2 Å². The zero-order valence-electron chi connectivity index (χ0n) is 16.2. The monoisotopic (exact) mass is 393 g/mol. The molecule has 1 N–H and O–H groups in total. The summed E-state index contributed by atoms with van der Waals surface area (Å²) >= 11 is 0. The fourth-order valence-corrected chi connectivity index (χ4v) is 3.80. The van der Waals surface area contributed by atoms with Gasteiger partial charge in [-0.05, 0) is 37.5 Å². The van der Waals surface area contributed by atoms with Crippen LogP contribution >= 0.6 is 0 Å². The normalized spacial score (nSPS) is 15.5. The summed E-state index contributed by atoms with van der Waals surface area (Å²) in [6.45, 7) is 4.28. The number of non-ortho nitro benzene ring substituents is 1. The van der Waals surface area contributed by atoms with E-state index in [0.29, 0.717) is 6.67 Å². The minimum atomic E-state index is -0.396. The van der Waals surface area contributed by atoms with Gasteiger partial charge in [-0.25, -0.2) is 0 Å². The molecule has 1 aliphatic rings. The number of aromatic nitrogens is 2. The van der Waals surface area contributed by atoms with Crippen LogP contribution in [0.2, 0.25) is 0 Å². The van der Waals surface area contributed by atoms with Crippen LogP contribution in [0.5, 0.6) is 0 Å². The lowest BCUT2D eigenvalue weighted by Crippen LogP contribution is -2.45. The van der Waals surface area contributed by atoms with E-state index < -0.39 is 4.92 Å². The largest absolute Gasteiger partial charge is 0.349 e. The van der Waals surface area contributed by atoms with Crippen LogP contribution in [0.15, 0.2) is 48.7 Å². The maximum absolute atomic E-state index is 12.5. The first-order valence-electron chi connectivity index (χ1n) is 9.70. The molecule has 8 heteroatoms. The number of benzene rings is 2. The van der Waals surface area contributed by atoms with Crippen molar-refractivity contribution in [2.75, 3.05) is 13.1 Å². The molecule has 0 spiro atoms. The molecule has 0 unspecified atom stereocenters. The second-order valence-electron chi connectivity index (χ2n) is 7.47. The number of likely N-dealkylation sites (tertiary alicyclic amines) is 1. The van der Waals surface area contributed by atoms with Gasteiger partial charge >= 0.3 is 0 Å². The molecule has 29 heavy (non-hydrogen) atoms. The molecule has 3 aromatic rings. The summed E-state index contributed by atoms with van der Waals surface area (Å²) in [5.41, 5.74) is 2.66. The van der Waals surface area contributed by atoms with E-state index in [1.807, 2.05) is 35.9 Å². The van der Waals surface area contributed by atoms with Crippen LogP contribution < -0.4 is 5.32 Å². The zero-order chi connectivity index (χ0) is 20.4. The standard InChI is InChI=1S/C21H23N5O3/c1-15-4-2-3-5-19(15)21(27)23-17-8-10-24(11-9-17)14-25-20-7-6-18(26(28)29)12-16(20)13-22-25/h2-7,12-13,17H,8-11,14H2,1H3,(H,23,27). The van der Waals surface area contributed by atoms with Gasteiger partial charge in [-0.15, -0.1) is 0 Å². The molecule has 4 rings (SSSR count). The number of fused-ring (bicyclic) bond motifs is 1. The third-order valence-electron chi connectivity index (χ3n) is 5.48. The van der Waals surface area contributed by atoms with Gasteiger partial charge in [0.05, 0.1) is 23.3 Å². The number of nitro benzene ring substituents is 1. The van der Waals surface area contributed by atoms with Crippen molar-refractivity contribution in [3.05, 3.63) is 69.9 Å². The van der Waals surface area contributed by atoms with Gasteiger partial charge in [0.25, 0.3) is 11.6 Å². The average molecular weight is 393 g/mol. The molecule has 0 radical (unpaired) electrons. The van der Waals surface area contributed by atoms with E-state index in [1.54, 1.807) is 18.3 Å². The molecule has 2 aromatic carbocycles. The molecule has 1 fully saturated rings. The minimum absolute atomic E-state index is 0.0128. The van der Waals surface area contributed by atoms with Crippen molar-refractivity contribution in [1.82, 2.24) is 20.0 Å². The van der Waals surface area contributed by atoms with E-state index >= 15 is 0 Å². The molecule has 0 atom stereocenters. The molecule has 0 aliphatic carbocycles. The molecule has 1 aromatic heterocycles. The van der Waals surface area contributed by atoms with E-state index in [0.717, 1.165) is 48.0 Å². The summed E-state index contributed by atoms with van der Waals surface area (Å²) in [6.07, 6.45) is 3.42. The first-order valence-corrected chi connectivity index (χ1v) is 9.70. The predicted octanol–water partition coefficient (Wildman–Crippen LogP) is 3.10. The Morgan fingerprint density at radius 2 is 2.00 bits per heavy atom. The van der Waals surface area contributed by atoms with Crippen LogP contribution in [-0.2, 0) is 6.67 Å². The Morgan fingerprint density at radius 3 is 2.72 bits per heavy atom. The molecular weight excluding hydrogens is 370 g/mol. The van der Waals surface area contributed by atoms with Gasteiger partial charge in [0, 0.05) is 42.2 Å². The maximum Gasteiger partial charge on any atom is 0.270 e. The topological polar surface area (TPSA) is 93.3 Å². The summed E-state index contributed by atoms with van der Waals surface area (Å²) in [7, 11) is 0. The highest BCUT2D eigenvalue weighted by molar-refractivity contribution is 5.95. The van der Waals surface area contributed by atoms with Gasteiger partial charge < -0.3 is 5.32 Å². The van der Waals surface area contributed by atoms with Crippen LogP contribution in [-0.4, -0.2) is 44.6 Å². The lowest BCUT2D eigenvalue weighted by Gasteiger charge is -2.32. The summed E-state index contributed by atoms with van der Waals surface area (Å²) < 4.78 is 1.87. The molecule has 1 saturated heterocycles. The first kappa shape index (κ1) is 19.1. The van der Waals surface area contributed by atoms with Crippen molar-refractivity contribution in [2.45, 2.75) is 32.5 Å². The number of hydrogen-bond donors (Lipinski definition) is 1. The van der Waals surface area contributed by atoms with E-state index in [9.17, 15) is 14.9 Å². The Bertz CT molecular complexity index is 1050. The SMILES string of the molecule is Cc1ccccc1C(=O)NC1CCN(Cn2ncc3cc([N+](=O)[O-])ccc32)CC1. The third kappa shape index (κ3) is 4.12. The average Bonchev–Trinajstić information content (AvgIpc) is 3.11. The number of nitrogens with one attached hydrogen (secondary N) is 1. The van der Waals surface area contributed by atoms with Crippen LogP contribution in [0, 0.1) is 17.0 Å². The number of aryl methyl sites for hydroxylation is 1. The molecule has 0 saturated carbocycles. The van der Waals surface area contributed by atoms with E-state index in [1.165, 1.54) is 6.07 Å². The van der Waals surface area contributed by atoms with Gasteiger partial charge in [-0.2, -0.15) is 5.10 Å². The van der Waals surface area contributed by atoms with E-state index in [-0.39, 0.29) is 17.6 Å². The fourth-order valence-electron chi connectivity index (χ4n) is 3.80. The number of nitro groups is 1. The highest BCUT2D eigenvalue weighted by Gasteiger charge is 2.22. The number of nitrogens with zero attached hydrogens (tertiary/aromatic N) is 4. The van der Waals surface area contributed by atoms with Gasteiger partial charge in [0.15, 0.2) is 0 Å². The zero-order valence-corrected chi connectivity index (χ0v) is 16.2. The van der Waals surface area contributed by atoms with Crippen molar-refractivity contribution >= 4 is 22.5 Å². The maximum atomic E-state index is 12.5. The lowest BCUT2D eigenvalue weighted by molar-refractivity contribution is -0.384. The fraction of sp³-hybridized carbons (Fsp3) is 0.333. The molecule has 0 bridgehead atoms. The number of rotatable bonds is 5. The number of carbonyl (C=O) groups is 1. The van der Waals surface area contributed by atoms with Crippen molar-refractivity contribution in [3.63, 3.8) is 0 Å². The number of amides is 1. The van der Waals surface area contributed by atoms with Crippen molar-refractivity contribution in [1.29, 1.82) is 0 Å². The van der Waals surface area contributed by atoms with Crippen LogP contribution in [0.4, 0.5) is 5.69 Å². The molecule has 1 amide bonds. The Labute approximate surface area is 168 Å². The molecule has 1 aliphatic heterocycles. The summed E-state index contributed by atoms with van der Waals surface area (Å²) in [5.74, 6) is -0.0128. The number of hydrogen-bond acceptors (Lipinski definition) is 5. The van der Waals surface area contributed by atoms with Crippen LogP contribution in [0.1, 0.15) is 28.8 Å². The quantitative estimate of drug-likeness (QED) is 0.531. The minimum Gasteiger partial charge on any atom is -0.349 e. The van der Waals surface area contributed by atoms with Gasteiger partial charge in [0.2, 0.25) is 0 Å². The van der Waals surface area contributed by atoms with Crippen molar-refractivity contribution in [3.8, 4) is 0 Å². The Balaban J connectivity index is 1.34. The molecule has 8 nitrogen and oxygen atoms in total. The molecular formula is C21H23N5O3. The first-order chi connectivity index (χ1) is 14.0. The highest BCUT2D eigenvalue weighted by Crippen LogP contribution is 2.21. The number of piperidine rings is 1. The Kier molecular flexibility index (Phi) is 5.26. The van der Waals surface area contributed by atoms with E-state index in [2.05, 4.69) is 15.3 Å². The van der Waals surface area contributed by atoms with Gasteiger partial charge in [0.1, 0.15) is 0 Å². The molecule has 2 heterocycles. The smallest absolute Gasteiger partial charge is 0.270 e. The lowest BCUT2D eigenvalue weighted by atomic mass is 10.0.